The van der Waals surface area contributed by atoms with E-state index in [1.54, 1.807) is 0 Å². The summed E-state index contributed by atoms with van der Waals surface area (Å²) in [7, 11) is -3.29. The number of aliphatic imine (C=N–C) groups is 1. The number of rotatable bonds is 7. The molecule has 3 rings (SSSR count). The van der Waals surface area contributed by atoms with Crippen LogP contribution < -0.4 is 10.0 Å². The molecule has 0 aromatic heterocycles. The Labute approximate surface area is 162 Å². The van der Waals surface area contributed by atoms with Gasteiger partial charge < -0.3 is 5.32 Å². The van der Waals surface area contributed by atoms with Crippen LogP contribution in [0.5, 0.6) is 0 Å². The number of piperidine rings is 1. The molecule has 0 spiro atoms. The van der Waals surface area contributed by atoms with Crippen molar-refractivity contribution in [2.24, 2.45) is 4.99 Å². The van der Waals surface area contributed by atoms with Crippen molar-refractivity contribution in [2.75, 3.05) is 32.2 Å². The van der Waals surface area contributed by atoms with Crippen molar-refractivity contribution in [3.63, 3.8) is 0 Å². The zero-order chi connectivity index (χ0) is 19.1. The van der Waals surface area contributed by atoms with Crippen LogP contribution in [0.3, 0.4) is 0 Å². The zero-order valence-corrected chi connectivity index (χ0v) is 16.9. The predicted molar refractivity (Wildman–Crippen MR) is 109 cm³/mol. The largest absolute Gasteiger partial charge is 0.343 e. The summed E-state index contributed by atoms with van der Waals surface area (Å²) in [6.45, 7) is 6.33. The van der Waals surface area contributed by atoms with E-state index in [2.05, 4.69) is 55.2 Å². The second-order valence-corrected chi connectivity index (χ2v) is 9.18. The Morgan fingerprint density at radius 2 is 1.96 bits per heavy atom. The van der Waals surface area contributed by atoms with Crippen molar-refractivity contribution in [3.8, 4) is 0 Å². The van der Waals surface area contributed by atoms with Gasteiger partial charge >= 0.3 is 0 Å². The average Bonchev–Trinajstić information content (AvgIpc) is 2.68. The zero-order valence-electron chi connectivity index (χ0n) is 16.1. The number of unbranched alkanes of at least 4 members (excludes halogenated alkanes) is 1. The Morgan fingerprint density at radius 1 is 1.22 bits per heavy atom. The fourth-order valence-corrected chi connectivity index (χ4v) is 4.78. The average molecular weight is 394 g/mol. The summed E-state index contributed by atoms with van der Waals surface area (Å²) >= 11 is 0. The molecule has 1 saturated heterocycles. The molecule has 0 radical (unpaired) electrons. The number of sulfonamides is 1. The topological polar surface area (TPSA) is 77.0 Å². The van der Waals surface area contributed by atoms with Gasteiger partial charge in [-0.2, -0.15) is 0 Å². The van der Waals surface area contributed by atoms with Crippen LogP contribution in [0.2, 0.25) is 0 Å². The Bertz CT molecular complexity index is 715. The van der Waals surface area contributed by atoms with E-state index in [1.165, 1.54) is 5.56 Å². The molecule has 0 atom stereocenters. The third-order valence-corrected chi connectivity index (χ3v) is 6.53. The van der Waals surface area contributed by atoms with Crippen LogP contribution in [0, 0.1) is 0 Å². The minimum atomic E-state index is -3.29. The number of benzene rings is 1. The van der Waals surface area contributed by atoms with Crippen LogP contribution in [0.15, 0.2) is 35.3 Å². The van der Waals surface area contributed by atoms with Crippen LogP contribution >= 0.6 is 0 Å². The predicted octanol–water partition coefficient (Wildman–Crippen LogP) is 1.55. The molecule has 0 bridgehead atoms. The van der Waals surface area contributed by atoms with Gasteiger partial charge in [0.2, 0.25) is 16.0 Å². The van der Waals surface area contributed by atoms with E-state index in [-0.39, 0.29) is 5.75 Å². The van der Waals surface area contributed by atoms with Crippen LogP contribution in [0.25, 0.3) is 0 Å². The van der Waals surface area contributed by atoms with Gasteiger partial charge in [-0.05, 0) is 37.9 Å². The van der Waals surface area contributed by atoms with E-state index < -0.39 is 10.0 Å². The Hall–Kier alpha value is -1.64. The van der Waals surface area contributed by atoms with Crippen molar-refractivity contribution in [3.05, 3.63) is 35.9 Å². The number of hydrogen-bond donors (Lipinski definition) is 2. The fraction of sp³-hybridized carbons (Fsp3) is 0.632. The summed E-state index contributed by atoms with van der Waals surface area (Å²) in [4.78, 5) is 9.19. The lowest BCUT2D eigenvalue weighted by Gasteiger charge is -2.39. The van der Waals surface area contributed by atoms with Crippen molar-refractivity contribution < 1.29 is 8.42 Å². The summed E-state index contributed by atoms with van der Waals surface area (Å²) in [5.74, 6) is 0.525. The summed E-state index contributed by atoms with van der Waals surface area (Å²) in [5, 5.41) is 3.12. The molecule has 2 aliphatic heterocycles. The Morgan fingerprint density at radius 3 is 2.59 bits per heavy atom. The van der Waals surface area contributed by atoms with Gasteiger partial charge in [-0.15, -0.1) is 0 Å². The molecule has 7 nitrogen and oxygen atoms in total. The first-order valence-corrected chi connectivity index (χ1v) is 11.5. The standard InChI is InChI=1S/C19H31N5O2S/c1-2-3-13-27(25,26)22-19-20-15-24(16-21-19)18-9-11-23(12-10-18)14-17-7-5-4-6-8-17/h4-8,18H,2-3,9-16H2,1H3,(H2,20,21,22). The van der Waals surface area contributed by atoms with Crippen molar-refractivity contribution in [1.29, 1.82) is 0 Å². The summed E-state index contributed by atoms with van der Waals surface area (Å²) in [5.41, 5.74) is 1.36. The Kier molecular flexibility index (Phi) is 7.09. The normalized spacial score (nSPS) is 20.1. The number of likely N-dealkylation sites (tertiary alicyclic amines) is 1. The van der Waals surface area contributed by atoms with E-state index in [9.17, 15) is 8.42 Å². The lowest BCUT2D eigenvalue weighted by Crippen LogP contribution is -2.54. The van der Waals surface area contributed by atoms with Gasteiger partial charge in [-0.25, -0.2) is 13.4 Å². The lowest BCUT2D eigenvalue weighted by atomic mass is 10.0. The minimum Gasteiger partial charge on any atom is -0.343 e. The van der Waals surface area contributed by atoms with Crippen LogP contribution in [0.4, 0.5) is 0 Å². The number of guanidine groups is 1. The van der Waals surface area contributed by atoms with Gasteiger partial charge in [-0.1, -0.05) is 43.7 Å². The van der Waals surface area contributed by atoms with E-state index in [0.29, 0.717) is 31.8 Å². The highest BCUT2D eigenvalue weighted by atomic mass is 32.2. The molecule has 27 heavy (non-hydrogen) atoms. The van der Waals surface area contributed by atoms with Gasteiger partial charge in [0.15, 0.2) is 0 Å². The second kappa shape index (κ2) is 9.52. The minimum absolute atomic E-state index is 0.147. The molecular weight excluding hydrogens is 362 g/mol. The van der Waals surface area contributed by atoms with Crippen LogP contribution in [0.1, 0.15) is 38.2 Å². The van der Waals surface area contributed by atoms with Gasteiger partial charge in [-0.3, -0.25) is 14.5 Å². The monoisotopic (exact) mass is 393 g/mol. The van der Waals surface area contributed by atoms with Crippen molar-refractivity contribution in [2.45, 2.75) is 45.2 Å². The van der Waals surface area contributed by atoms with E-state index in [1.807, 2.05) is 6.92 Å². The SMILES string of the molecule is CCCCS(=O)(=O)NC1=NCN(C2CCN(Cc3ccccc3)CC2)CN1. The molecule has 1 aromatic rings. The highest BCUT2D eigenvalue weighted by Crippen LogP contribution is 2.18. The fourth-order valence-electron chi connectivity index (χ4n) is 3.57. The molecular formula is C19H31N5O2S. The van der Waals surface area contributed by atoms with E-state index in [4.69, 9.17) is 0 Å². The highest BCUT2D eigenvalue weighted by molar-refractivity contribution is 7.90. The first kappa shape index (κ1) is 20.1. The number of hydrogen-bond acceptors (Lipinski definition) is 6. The molecule has 1 fully saturated rings. The highest BCUT2D eigenvalue weighted by Gasteiger charge is 2.26. The third-order valence-electron chi connectivity index (χ3n) is 5.20. The number of nitrogens with one attached hydrogen (secondary N) is 2. The molecule has 0 saturated carbocycles. The maximum absolute atomic E-state index is 12.0. The van der Waals surface area contributed by atoms with E-state index >= 15 is 0 Å². The van der Waals surface area contributed by atoms with Crippen molar-refractivity contribution >= 4 is 16.0 Å². The quantitative estimate of drug-likeness (QED) is 0.735. The van der Waals surface area contributed by atoms with Crippen molar-refractivity contribution in [1.82, 2.24) is 19.8 Å². The van der Waals surface area contributed by atoms with Gasteiger partial charge in [0.1, 0.15) is 0 Å². The molecule has 2 heterocycles. The molecule has 0 aliphatic carbocycles. The van der Waals surface area contributed by atoms with Gasteiger partial charge in [0.05, 0.1) is 19.1 Å². The maximum Gasteiger partial charge on any atom is 0.234 e. The van der Waals surface area contributed by atoms with Crippen LogP contribution in [-0.2, 0) is 16.6 Å². The summed E-state index contributed by atoms with van der Waals surface area (Å²) < 4.78 is 26.5. The Balaban J connectivity index is 1.43. The smallest absolute Gasteiger partial charge is 0.234 e. The van der Waals surface area contributed by atoms with Gasteiger partial charge in [0.25, 0.3) is 0 Å². The molecule has 2 N–H and O–H groups in total. The molecule has 0 amide bonds. The molecule has 1 aromatic carbocycles. The summed E-state index contributed by atoms with van der Waals surface area (Å²) in [6.07, 6.45) is 3.75. The molecule has 150 valence electrons. The molecule has 8 heteroatoms. The lowest BCUT2D eigenvalue weighted by molar-refractivity contribution is 0.100. The first-order chi connectivity index (χ1) is 13.1. The third kappa shape index (κ3) is 6.19. The van der Waals surface area contributed by atoms with E-state index in [0.717, 1.165) is 38.9 Å². The number of nitrogens with zero attached hydrogens (tertiary/aromatic N) is 3. The van der Waals surface area contributed by atoms with Crippen LogP contribution in [-0.4, -0.2) is 62.4 Å². The molecule has 0 unspecified atom stereocenters. The summed E-state index contributed by atoms with van der Waals surface area (Å²) in [6, 6.07) is 11.1. The maximum atomic E-state index is 12.0. The van der Waals surface area contributed by atoms with Gasteiger partial charge in [0, 0.05) is 12.6 Å². The second-order valence-electron chi connectivity index (χ2n) is 7.34. The first-order valence-electron chi connectivity index (χ1n) is 9.85. The molecule has 2 aliphatic rings.